The van der Waals surface area contributed by atoms with Gasteiger partial charge >= 0.3 is 0 Å². The lowest BCUT2D eigenvalue weighted by atomic mass is 9.80. The molecule has 1 aliphatic rings. The molecule has 1 aromatic rings. The largest absolute Gasteiger partial charge is 0.508 e. The van der Waals surface area contributed by atoms with Gasteiger partial charge in [-0.2, -0.15) is 0 Å². The van der Waals surface area contributed by atoms with E-state index in [1.807, 2.05) is 0 Å². The van der Waals surface area contributed by atoms with Crippen LogP contribution in [-0.4, -0.2) is 18.5 Å². The van der Waals surface area contributed by atoms with Gasteiger partial charge in [0, 0.05) is 7.11 Å². The zero-order chi connectivity index (χ0) is 10.9. The van der Waals surface area contributed by atoms with Gasteiger partial charge in [0.05, 0.1) is 0 Å². The van der Waals surface area contributed by atoms with E-state index in [-0.39, 0.29) is 5.75 Å². The van der Waals surface area contributed by atoms with Gasteiger partial charge in [0.25, 0.3) is 0 Å². The number of aromatic hydroxyl groups is 1. The van der Waals surface area contributed by atoms with E-state index in [0.29, 0.717) is 6.42 Å². The van der Waals surface area contributed by atoms with Gasteiger partial charge in [0.15, 0.2) is 6.29 Å². The molecule has 2 rings (SSSR count). The Labute approximate surface area is 88.7 Å². The second kappa shape index (κ2) is 3.66. The number of fused-ring (bicyclic) bond motifs is 1. The number of phenolic OH excluding ortho intramolecular Hbond substituents is 1. The number of aryl methyl sites for hydroxylation is 1. The van der Waals surface area contributed by atoms with Crippen molar-refractivity contribution in [3.05, 3.63) is 29.3 Å². The van der Waals surface area contributed by atoms with Crippen LogP contribution in [0.4, 0.5) is 0 Å². The highest BCUT2D eigenvalue weighted by atomic mass is 16.5. The molecule has 1 atom stereocenters. The van der Waals surface area contributed by atoms with Crippen LogP contribution >= 0.6 is 0 Å². The molecule has 0 bridgehead atoms. The molecule has 0 saturated heterocycles. The molecule has 3 heteroatoms. The summed E-state index contributed by atoms with van der Waals surface area (Å²) in [4.78, 5) is 11.2. The van der Waals surface area contributed by atoms with Crippen LogP contribution in [-0.2, 0) is 21.6 Å². The quantitative estimate of drug-likeness (QED) is 0.750. The molecule has 3 nitrogen and oxygen atoms in total. The normalized spacial score (nSPS) is 24.6. The molecule has 0 spiro atoms. The van der Waals surface area contributed by atoms with E-state index < -0.39 is 5.60 Å². The Balaban J connectivity index is 2.55. The van der Waals surface area contributed by atoms with Crippen molar-refractivity contribution < 1.29 is 14.6 Å². The van der Waals surface area contributed by atoms with Crippen LogP contribution in [0.25, 0.3) is 0 Å². The molecular formula is C12H14O3. The molecule has 0 saturated carbocycles. The fraction of sp³-hybridized carbons (Fsp3) is 0.417. The van der Waals surface area contributed by atoms with Gasteiger partial charge in [-0.05, 0) is 42.5 Å². The number of hydrogen-bond acceptors (Lipinski definition) is 3. The molecule has 80 valence electrons. The number of hydrogen-bond donors (Lipinski definition) is 1. The predicted octanol–water partition coefficient (Wildman–Crippen LogP) is 1.77. The van der Waals surface area contributed by atoms with Crippen LogP contribution in [0.2, 0.25) is 0 Å². The summed E-state index contributed by atoms with van der Waals surface area (Å²) in [7, 11) is 1.55. The third kappa shape index (κ3) is 1.53. The minimum absolute atomic E-state index is 0.242. The third-order valence-corrected chi connectivity index (χ3v) is 3.09. The summed E-state index contributed by atoms with van der Waals surface area (Å²) in [6.45, 7) is 0. The van der Waals surface area contributed by atoms with E-state index >= 15 is 0 Å². The Morgan fingerprint density at radius 2 is 2.33 bits per heavy atom. The number of phenols is 1. The first-order valence-electron chi connectivity index (χ1n) is 5.06. The summed E-state index contributed by atoms with van der Waals surface area (Å²) in [6, 6.07) is 5.09. The number of methoxy groups -OCH3 is 1. The van der Waals surface area contributed by atoms with Crippen molar-refractivity contribution in [3.63, 3.8) is 0 Å². The maximum atomic E-state index is 11.2. The van der Waals surface area contributed by atoms with Crippen molar-refractivity contribution in [1.29, 1.82) is 0 Å². The van der Waals surface area contributed by atoms with Gasteiger partial charge < -0.3 is 9.84 Å². The van der Waals surface area contributed by atoms with Crippen LogP contribution in [0, 0.1) is 0 Å². The highest BCUT2D eigenvalue weighted by Gasteiger charge is 2.36. The lowest BCUT2D eigenvalue weighted by Gasteiger charge is -2.33. The van der Waals surface area contributed by atoms with Crippen molar-refractivity contribution in [2.45, 2.75) is 24.9 Å². The number of rotatable bonds is 2. The van der Waals surface area contributed by atoms with Gasteiger partial charge in [0.2, 0.25) is 0 Å². The molecule has 0 radical (unpaired) electrons. The van der Waals surface area contributed by atoms with E-state index in [0.717, 1.165) is 30.3 Å². The Kier molecular flexibility index (Phi) is 2.49. The number of carbonyl (C=O) groups excluding carboxylic acids is 1. The van der Waals surface area contributed by atoms with Gasteiger partial charge in [-0.1, -0.05) is 6.07 Å². The highest BCUT2D eigenvalue weighted by Crippen LogP contribution is 2.37. The van der Waals surface area contributed by atoms with E-state index in [1.54, 1.807) is 25.3 Å². The molecule has 0 aliphatic heterocycles. The Bertz CT molecular complexity index is 386. The third-order valence-electron chi connectivity index (χ3n) is 3.09. The molecule has 15 heavy (non-hydrogen) atoms. The summed E-state index contributed by atoms with van der Waals surface area (Å²) in [5.74, 6) is 0.242. The molecular weight excluding hydrogens is 192 g/mol. The maximum Gasteiger partial charge on any atom is 0.156 e. The molecule has 1 aliphatic carbocycles. The fourth-order valence-electron chi connectivity index (χ4n) is 2.26. The number of ether oxygens (including phenoxy) is 1. The molecule has 1 unspecified atom stereocenters. The lowest BCUT2D eigenvalue weighted by Crippen LogP contribution is -2.34. The first-order valence-corrected chi connectivity index (χ1v) is 5.06. The SMILES string of the molecule is COC1(C=O)CCCc2cc(O)ccc21. The van der Waals surface area contributed by atoms with E-state index in [4.69, 9.17) is 4.74 Å². The van der Waals surface area contributed by atoms with E-state index in [9.17, 15) is 9.90 Å². The van der Waals surface area contributed by atoms with Crippen LogP contribution in [0.1, 0.15) is 24.0 Å². The average Bonchev–Trinajstić information content (AvgIpc) is 2.27. The molecule has 0 aromatic heterocycles. The molecule has 0 heterocycles. The second-order valence-electron chi connectivity index (χ2n) is 3.91. The zero-order valence-corrected chi connectivity index (χ0v) is 8.69. The standard InChI is InChI=1S/C12H14O3/c1-15-12(8-13)6-2-3-9-7-10(14)4-5-11(9)12/h4-5,7-8,14H,2-3,6H2,1H3. The Morgan fingerprint density at radius 1 is 1.53 bits per heavy atom. The molecule has 1 N–H and O–H groups in total. The average molecular weight is 206 g/mol. The summed E-state index contributed by atoms with van der Waals surface area (Å²) >= 11 is 0. The van der Waals surface area contributed by atoms with Crippen LogP contribution < -0.4 is 0 Å². The molecule has 0 amide bonds. The van der Waals surface area contributed by atoms with Crippen LogP contribution in [0.15, 0.2) is 18.2 Å². The monoisotopic (exact) mass is 206 g/mol. The first kappa shape index (κ1) is 10.2. The second-order valence-corrected chi connectivity index (χ2v) is 3.91. The van der Waals surface area contributed by atoms with Gasteiger partial charge in [-0.15, -0.1) is 0 Å². The Hall–Kier alpha value is -1.35. The van der Waals surface area contributed by atoms with Crippen molar-refractivity contribution in [2.24, 2.45) is 0 Å². The zero-order valence-electron chi connectivity index (χ0n) is 8.69. The lowest BCUT2D eigenvalue weighted by molar-refractivity contribution is -0.130. The smallest absolute Gasteiger partial charge is 0.156 e. The summed E-state index contributed by atoms with van der Waals surface area (Å²) in [5, 5.41) is 9.37. The van der Waals surface area contributed by atoms with Gasteiger partial charge in [-0.3, -0.25) is 4.79 Å². The minimum Gasteiger partial charge on any atom is -0.508 e. The molecule has 0 fully saturated rings. The van der Waals surface area contributed by atoms with Crippen molar-refractivity contribution in [3.8, 4) is 5.75 Å². The highest BCUT2D eigenvalue weighted by molar-refractivity contribution is 5.68. The molecule has 1 aromatic carbocycles. The minimum atomic E-state index is -0.804. The van der Waals surface area contributed by atoms with Gasteiger partial charge in [-0.25, -0.2) is 0 Å². The number of aldehydes is 1. The van der Waals surface area contributed by atoms with Gasteiger partial charge in [0.1, 0.15) is 11.4 Å². The maximum absolute atomic E-state index is 11.2. The fourth-order valence-corrected chi connectivity index (χ4v) is 2.26. The van der Waals surface area contributed by atoms with Crippen LogP contribution in [0.5, 0.6) is 5.75 Å². The summed E-state index contributed by atoms with van der Waals surface area (Å²) in [5.41, 5.74) is 1.10. The van der Waals surface area contributed by atoms with Crippen molar-refractivity contribution >= 4 is 6.29 Å². The Morgan fingerprint density at radius 3 is 3.00 bits per heavy atom. The summed E-state index contributed by atoms with van der Waals surface area (Å²) in [6.07, 6.45) is 3.37. The topological polar surface area (TPSA) is 46.5 Å². The van der Waals surface area contributed by atoms with E-state index in [2.05, 4.69) is 0 Å². The van der Waals surface area contributed by atoms with Crippen molar-refractivity contribution in [2.75, 3.05) is 7.11 Å². The summed E-state index contributed by atoms with van der Waals surface area (Å²) < 4.78 is 5.34. The van der Waals surface area contributed by atoms with Crippen molar-refractivity contribution in [1.82, 2.24) is 0 Å². The van der Waals surface area contributed by atoms with E-state index in [1.165, 1.54) is 0 Å². The predicted molar refractivity (Wildman–Crippen MR) is 55.8 cm³/mol. The first-order chi connectivity index (χ1) is 7.22. The number of carbonyl (C=O) groups is 1. The van der Waals surface area contributed by atoms with Crippen LogP contribution in [0.3, 0.4) is 0 Å². The number of benzene rings is 1.